The van der Waals surface area contributed by atoms with Gasteiger partial charge in [0.15, 0.2) is 0 Å². The zero-order valence-electron chi connectivity index (χ0n) is 16.6. The number of hydrogen-bond donors (Lipinski definition) is 2. The van der Waals surface area contributed by atoms with E-state index in [-0.39, 0.29) is 34.0 Å². The smallest absolute Gasteiger partial charge is 0.387 e. The summed E-state index contributed by atoms with van der Waals surface area (Å²) in [6, 6.07) is 10.8. The fourth-order valence-corrected chi connectivity index (χ4v) is 3.06. The van der Waals surface area contributed by atoms with Gasteiger partial charge in [0.05, 0.1) is 29.2 Å². The van der Waals surface area contributed by atoms with Gasteiger partial charge < -0.3 is 15.2 Å². The van der Waals surface area contributed by atoms with Crippen molar-refractivity contribution in [3.8, 4) is 11.4 Å². The summed E-state index contributed by atoms with van der Waals surface area (Å²) in [7, 11) is 0. The summed E-state index contributed by atoms with van der Waals surface area (Å²) in [6.45, 7) is -1.21. The Hall–Kier alpha value is -3.40. The first-order valence-corrected chi connectivity index (χ1v) is 9.14. The molecule has 0 aliphatic carbocycles. The molecule has 2 N–H and O–H groups in total. The van der Waals surface area contributed by atoms with Crippen molar-refractivity contribution in [1.82, 2.24) is 9.78 Å². The summed E-state index contributed by atoms with van der Waals surface area (Å²) >= 11 is 0. The topological polar surface area (TPSA) is 76.4 Å². The molecule has 0 fully saturated rings. The van der Waals surface area contributed by atoms with Gasteiger partial charge in [-0.05, 0) is 43.3 Å². The molecule has 2 aromatic carbocycles. The van der Waals surface area contributed by atoms with E-state index in [2.05, 4.69) is 15.2 Å². The highest BCUT2D eigenvalue weighted by molar-refractivity contribution is 6.06. The molecule has 10 heteroatoms. The lowest BCUT2D eigenvalue weighted by molar-refractivity contribution is -0.0498. The summed E-state index contributed by atoms with van der Waals surface area (Å²) in [6.07, 6.45) is 0. The van der Waals surface area contributed by atoms with Gasteiger partial charge in [0.25, 0.3) is 11.8 Å². The number of aliphatic hydroxyl groups is 1. The predicted octanol–water partition coefficient (Wildman–Crippen LogP) is 4.64. The third kappa shape index (κ3) is 5.02. The molecule has 1 aromatic heterocycles. The minimum absolute atomic E-state index is 0.0567. The number of anilines is 1. The maximum atomic E-state index is 13.6. The van der Waals surface area contributed by atoms with Gasteiger partial charge in [-0.15, -0.1) is 0 Å². The number of aryl methyl sites for hydroxylation is 1. The third-order valence-corrected chi connectivity index (χ3v) is 4.47. The van der Waals surface area contributed by atoms with Gasteiger partial charge in [-0.1, -0.05) is 12.1 Å². The standard InChI is InChI=1S/C21H19F4N3O3/c1-12-18(19(30)26-14-5-3-4-13(10-14)21(2,24)25)17(11-29)28(27-12)15-6-8-16(9-7-15)31-20(22)23/h3-10,20,29H,11H2,1-2H3,(H,26,30). The Morgan fingerprint density at radius 1 is 1.23 bits per heavy atom. The average Bonchev–Trinajstić information content (AvgIpc) is 3.04. The van der Waals surface area contributed by atoms with E-state index in [4.69, 9.17) is 0 Å². The molecule has 3 aromatic rings. The highest BCUT2D eigenvalue weighted by Crippen LogP contribution is 2.29. The number of rotatable bonds is 7. The zero-order valence-corrected chi connectivity index (χ0v) is 16.6. The molecule has 1 heterocycles. The maximum Gasteiger partial charge on any atom is 0.387 e. The van der Waals surface area contributed by atoms with Crippen LogP contribution in [0.4, 0.5) is 23.2 Å². The molecule has 1 amide bonds. The second kappa shape index (κ2) is 8.76. The van der Waals surface area contributed by atoms with E-state index in [1.165, 1.54) is 47.1 Å². The quantitative estimate of drug-likeness (QED) is 0.528. The van der Waals surface area contributed by atoms with Crippen molar-refractivity contribution in [3.63, 3.8) is 0 Å². The fourth-order valence-electron chi connectivity index (χ4n) is 3.06. The molecule has 0 saturated heterocycles. The van der Waals surface area contributed by atoms with Gasteiger partial charge in [-0.25, -0.2) is 13.5 Å². The van der Waals surface area contributed by atoms with Crippen LogP contribution in [-0.2, 0) is 12.5 Å². The zero-order chi connectivity index (χ0) is 22.8. The number of amides is 1. The highest BCUT2D eigenvalue weighted by Gasteiger charge is 2.26. The highest BCUT2D eigenvalue weighted by atomic mass is 19.3. The lowest BCUT2D eigenvalue weighted by atomic mass is 10.1. The van der Waals surface area contributed by atoms with Crippen molar-refractivity contribution >= 4 is 11.6 Å². The van der Waals surface area contributed by atoms with E-state index in [1.54, 1.807) is 6.92 Å². The Morgan fingerprint density at radius 2 is 1.90 bits per heavy atom. The lowest BCUT2D eigenvalue weighted by Crippen LogP contribution is -2.16. The van der Waals surface area contributed by atoms with Crippen LogP contribution in [0.1, 0.15) is 34.2 Å². The second-order valence-electron chi connectivity index (χ2n) is 6.77. The van der Waals surface area contributed by atoms with Gasteiger partial charge in [-0.3, -0.25) is 4.79 Å². The summed E-state index contributed by atoms with van der Waals surface area (Å²) in [4.78, 5) is 12.8. The minimum Gasteiger partial charge on any atom is -0.435 e. The number of hydrogen-bond acceptors (Lipinski definition) is 4. The van der Waals surface area contributed by atoms with Crippen LogP contribution in [0.25, 0.3) is 5.69 Å². The molecule has 0 aliphatic rings. The van der Waals surface area contributed by atoms with Gasteiger partial charge in [0.1, 0.15) is 5.75 Å². The number of halogens is 4. The van der Waals surface area contributed by atoms with Crippen LogP contribution in [0.15, 0.2) is 48.5 Å². The lowest BCUT2D eigenvalue weighted by Gasteiger charge is -2.13. The predicted molar refractivity (Wildman–Crippen MR) is 105 cm³/mol. The summed E-state index contributed by atoms with van der Waals surface area (Å²) in [5, 5.41) is 16.6. The average molecular weight is 437 g/mol. The van der Waals surface area contributed by atoms with E-state index in [1.807, 2.05) is 0 Å². The van der Waals surface area contributed by atoms with E-state index in [9.17, 15) is 27.5 Å². The molecule has 31 heavy (non-hydrogen) atoms. The second-order valence-corrected chi connectivity index (χ2v) is 6.77. The number of ether oxygens (including phenoxy) is 1. The van der Waals surface area contributed by atoms with Crippen LogP contribution in [0, 0.1) is 6.92 Å². The molecular formula is C21H19F4N3O3. The van der Waals surface area contributed by atoms with Crippen molar-refractivity contribution in [2.45, 2.75) is 33.0 Å². The van der Waals surface area contributed by atoms with Crippen molar-refractivity contribution in [3.05, 3.63) is 71.0 Å². The van der Waals surface area contributed by atoms with E-state index < -0.39 is 25.0 Å². The van der Waals surface area contributed by atoms with Gasteiger partial charge >= 0.3 is 6.61 Å². The van der Waals surface area contributed by atoms with Crippen LogP contribution < -0.4 is 10.1 Å². The first-order chi connectivity index (χ1) is 14.6. The van der Waals surface area contributed by atoms with Gasteiger partial charge in [0.2, 0.25) is 0 Å². The first kappa shape index (κ1) is 22.3. The molecule has 0 saturated carbocycles. The van der Waals surface area contributed by atoms with Crippen molar-refractivity contribution < 1.29 is 32.2 Å². The molecule has 0 atom stereocenters. The molecule has 0 radical (unpaired) electrons. The molecule has 0 aliphatic heterocycles. The number of carbonyl (C=O) groups is 1. The maximum absolute atomic E-state index is 13.6. The van der Waals surface area contributed by atoms with Crippen LogP contribution >= 0.6 is 0 Å². The molecule has 6 nitrogen and oxygen atoms in total. The Balaban J connectivity index is 1.91. The molecule has 0 spiro atoms. The summed E-state index contributed by atoms with van der Waals surface area (Å²) in [5.74, 6) is -3.77. The minimum atomic E-state index is -3.07. The van der Waals surface area contributed by atoms with E-state index >= 15 is 0 Å². The molecule has 164 valence electrons. The number of aliphatic hydroxyl groups excluding tert-OH is 1. The number of benzene rings is 2. The SMILES string of the molecule is Cc1nn(-c2ccc(OC(F)F)cc2)c(CO)c1C(=O)Nc1cccc(C(C)(F)F)c1. The van der Waals surface area contributed by atoms with Crippen molar-refractivity contribution in [2.75, 3.05) is 5.32 Å². The van der Waals surface area contributed by atoms with Crippen molar-refractivity contribution in [1.29, 1.82) is 0 Å². The fraction of sp³-hybridized carbons (Fsp3) is 0.238. The number of alkyl halides is 4. The van der Waals surface area contributed by atoms with Crippen LogP contribution in [0.3, 0.4) is 0 Å². The van der Waals surface area contributed by atoms with Crippen LogP contribution in [-0.4, -0.2) is 27.4 Å². The van der Waals surface area contributed by atoms with Crippen LogP contribution in [0.2, 0.25) is 0 Å². The Morgan fingerprint density at radius 3 is 2.48 bits per heavy atom. The monoisotopic (exact) mass is 437 g/mol. The normalized spacial score (nSPS) is 11.6. The largest absolute Gasteiger partial charge is 0.435 e. The number of carbonyl (C=O) groups excluding carboxylic acids is 1. The summed E-state index contributed by atoms with van der Waals surface area (Å²) < 4.78 is 57.3. The Kier molecular flexibility index (Phi) is 6.30. The number of nitrogens with one attached hydrogen (secondary N) is 1. The molecule has 0 unspecified atom stereocenters. The number of aromatic nitrogens is 2. The van der Waals surface area contributed by atoms with E-state index in [0.29, 0.717) is 5.69 Å². The Labute approximate surface area is 175 Å². The first-order valence-electron chi connectivity index (χ1n) is 9.14. The molecule has 0 bridgehead atoms. The van der Waals surface area contributed by atoms with E-state index in [0.717, 1.165) is 13.0 Å². The Bertz CT molecular complexity index is 1080. The van der Waals surface area contributed by atoms with Crippen molar-refractivity contribution in [2.24, 2.45) is 0 Å². The van der Waals surface area contributed by atoms with Gasteiger partial charge in [-0.2, -0.15) is 13.9 Å². The third-order valence-electron chi connectivity index (χ3n) is 4.47. The summed E-state index contributed by atoms with van der Waals surface area (Å²) in [5.41, 5.74) is 0.810. The number of nitrogens with zero attached hydrogens (tertiary/aromatic N) is 2. The van der Waals surface area contributed by atoms with Gasteiger partial charge in [0, 0.05) is 18.2 Å². The van der Waals surface area contributed by atoms with Crippen LogP contribution in [0.5, 0.6) is 5.75 Å². The molecule has 3 rings (SSSR count). The molecular weight excluding hydrogens is 418 g/mol.